The summed E-state index contributed by atoms with van der Waals surface area (Å²) in [5.74, 6) is -0.750. The van der Waals surface area contributed by atoms with Crippen LogP contribution in [0.25, 0.3) is 10.9 Å². The lowest BCUT2D eigenvalue weighted by atomic mass is 9.92. The molecule has 4 rings (SSSR count). The molecular formula is C26H30FN5O4S. The van der Waals surface area contributed by atoms with Gasteiger partial charge in [-0.25, -0.2) is 13.7 Å². The number of nitrogens with zero attached hydrogens (tertiary/aromatic N) is 4. The Kier molecular flexibility index (Phi) is 8.34. The maximum Gasteiger partial charge on any atom is 0.261 e. The summed E-state index contributed by atoms with van der Waals surface area (Å²) in [6.07, 6.45) is 4.01. The monoisotopic (exact) mass is 527 g/mol. The number of halogens is 1. The van der Waals surface area contributed by atoms with Crippen LogP contribution in [0.3, 0.4) is 0 Å². The number of hydrogen-bond donors (Lipinski definition) is 2. The lowest BCUT2D eigenvalue weighted by Gasteiger charge is -2.25. The van der Waals surface area contributed by atoms with Crippen LogP contribution in [-0.4, -0.2) is 51.4 Å². The Bertz CT molecular complexity index is 1370. The largest absolute Gasteiger partial charge is 0.453 e. The van der Waals surface area contributed by atoms with Gasteiger partial charge in [0.25, 0.3) is 5.56 Å². The predicted octanol–water partition coefficient (Wildman–Crippen LogP) is 4.62. The molecule has 11 heteroatoms. The molecule has 2 aromatic carbocycles. The van der Waals surface area contributed by atoms with Gasteiger partial charge in [-0.15, -0.1) is 0 Å². The van der Waals surface area contributed by atoms with Gasteiger partial charge in [0.1, 0.15) is 17.4 Å². The van der Waals surface area contributed by atoms with Gasteiger partial charge >= 0.3 is 0 Å². The molecule has 1 unspecified atom stereocenters. The van der Waals surface area contributed by atoms with Crippen molar-refractivity contribution in [2.45, 2.75) is 44.8 Å². The Morgan fingerprint density at radius 3 is 2.84 bits per heavy atom. The molecule has 0 saturated carbocycles. The van der Waals surface area contributed by atoms with E-state index in [2.05, 4.69) is 23.6 Å². The normalized spacial score (nSPS) is 16.7. The number of rotatable bonds is 10. The molecule has 1 aliphatic heterocycles. The zero-order valence-corrected chi connectivity index (χ0v) is 21.8. The Labute approximate surface area is 219 Å². The highest BCUT2D eigenvalue weighted by Gasteiger charge is 2.38. The standard InChI is InChI=1S/C26H30FN5O4S/c1-4-26(5-2)13-17(15-35-26)32-16-29-22-8-6-18(12-19(22)25(32)34)36-24-20(14-28)23(9-7-21(24)27)30-37-31(3)10-11-33/h6-9,12,16-17,30,33H,4-5,10-11,13,15H2,1-3H3. The summed E-state index contributed by atoms with van der Waals surface area (Å²) >= 11 is 1.16. The number of nitrogens with one attached hydrogen (secondary N) is 1. The first-order valence-electron chi connectivity index (χ1n) is 12.1. The van der Waals surface area contributed by atoms with Crippen molar-refractivity contribution in [2.24, 2.45) is 0 Å². The Balaban J connectivity index is 1.64. The van der Waals surface area contributed by atoms with Crippen molar-refractivity contribution in [1.82, 2.24) is 13.9 Å². The first-order valence-corrected chi connectivity index (χ1v) is 12.9. The van der Waals surface area contributed by atoms with Gasteiger partial charge in [0.05, 0.1) is 47.8 Å². The van der Waals surface area contributed by atoms with Crippen molar-refractivity contribution in [3.8, 4) is 17.6 Å². The van der Waals surface area contributed by atoms with Crippen LogP contribution in [0, 0.1) is 17.1 Å². The lowest BCUT2D eigenvalue weighted by Crippen LogP contribution is -2.28. The highest BCUT2D eigenvalue weighted by molar-refractivity contribution is 7.98. The Morgan fingerprint density at radius 2 is 2.16 bits per heavy atom. The third-order valence-corrected chi connectivity index (χ3v) is 7.60. The fourth-order valence-electron chi connectivity index (χ4n) is 4.46. The number of aromatic nitrogens is 2. The summed E-state index contributed by atoms with van der Waals surface area (Å²) in [4.78, 5) is 17.9. The smallest absolute Gasteiger partial charge is 0.261 e. The van der Waals surface area contributed by atoms with Gasteiger partial charge in [0, 0.05) is 18.7 Å². The van der Waals surface area contributed by atoms with Crippen molar-refractivity contribution in [3.63, 3.8) is 0 Å². The summed E-state index contributed by atoms with van der Waals surface area (Å²) in [7, 11) is 1.76. The molecule has 2 N–H and O–H groups in total. The number of hydrogen-bond acceptors (Lipinski definition) is 9. The van der Waals surface area contributed by atoms with Crippen LogP contribution >= 0.6 is 12.1 Å². The molecule has 0 spiro atoms. The summed E-state index contributed by atoms with van der Waals surface area (Å²) in [6, 6.07) is 9.26. The molecular weight excluding hydrogens is 497 g/mol. The molecule has 2 heterocycles. The van der Waals surface area contributed by atoms with Crippen molar-refractivity contribution < 1.29 is 19.0 Å². The number of aliphatic hydroxyl groups is 1. The van der Waals surface area contributed by atoms with E-state index in [1.807, 2.05) is 6.07 Å². The van der Waals surface area contributed by atoms with E-state index in [4.69, 9.17) is 14.6 Å². The molecule has 3 aromatic rings. The molecule has 0 radical (unpaired) electrons. The summed E-state index contributed by atoms with van der Waals surface area (Å²) in [6.45, 7) is 4.98. The number of benzene rings is 2. The van der Waals surface area contributed by atoms with Crippen LogP contribution in [0.2, 0.25) is 0 Å². The van der Waals surface area contributed by atoms with Gasteiger partial charge in [-0.3, -0.25) is 9.36 Å². The summed E-state index contributed by atoms with van der Waals surface area (Å²) < 4.78 is 33.0. The maximum atomic E-state index is 14.8. The number of likely N-dealkylation sites (N-methyl/N-ethyl adjacent to an activating group) is 1. The van der Waals surface area contributed by atoms with Crippen LogP contribution in [-0.2, 0) is 4.74 Å². The minimum absolute atomic E-state index is 0.0211. The molecule has 0 bridgehead atoms. The number of fused-ring (bicyclic) bond motifs is 1. The molecule has 1 aromatic heterocycles. The van der Waals surface area contributed by atoms with Crippen molar-refractivity contribution in [2.75, 3.05) is 31.5 Å². The van der Waals surface area contributed by atoms with Gasteiger partial charge < -0.3 is 19.3 Å². The van der Waals surface area contributed by atoms with Crippen LogP contribution in [0.4, 0.5) is 10.1 Å². The topological polar surface area (TPSA) is 113 Å². The zero-order valence-electron chi connectivity index (χ0n) is 21.0. The maximum absolute atomic E-state index is 14.8. The molecule has 1 aliphatic rings. The number of nitriles is 1. The SMILES string of the molecule is CCC1(CC)CC(n2cnc3ccc(Oc4c(F)ccc(NSN(C)CCO)c4C#N)cc3c2=O)CO1. The van der Waals surface area contributed by atoms with Gasteiger partial charge in [0.15, 0.2) is 11.6 Å². The second-order valence-electron chi connectivity index (χ2n) is 8.98. The van der Waals surface area contributed by atoms with E-state index in [9.17, 15) is 14.4 Å². The van der Waals surface area contributed by atoms with Gasteiger partial charge in [-0.1, -0.05) is 13.8 Å². The van der Waals surface area contributed by atoms with E-state index in [1.165, 1.54) is 18.2 Å². The van der Waals surface area contributed by atoms with E-state index in [0.717, 1.165) is 31.4 Å². The second-order valence-corrected chi connectivity index (χ2v) is 9.99. The van der Waals surface area contributed by atoms with E-state index >= 15 is 0 Å². The van der Waals surface area contributed by atoms with Crippen LogP contribution in [0.1, 0.15) is 44.7 Å². The Morgan fingerprint density at radius 1 is 1.38 bits per heavy atom. The lowest BCUT2D eigenvalue weighted by molar-refractivity contribution is -0.00268. The minimum atomic E-state index is -0.710. The minimum Gasteiger partial charge on any atom is -0.453 e. The third kappa shape index (κ3) is 5.57. The third-order valence-electron chi connectivity index (χ3n) is 6.79. The van der Waals surface area contributed by atoms with Gasteiger partial charge in [-0.05, 0) is 56.6 Å². The number of ether oxygens (including phenoxy) is 2. The summed E-state index contributed by atoms with van der Waals surface area (Å²) in [5.41, 5.74) is 0.359. The van der Waals surface area contributed by atoms with Crippen molar-refractivity contribution >= 4 is 28.7 Å². The van der Waals surface area contributed by atoms with Crippen molar-refractivity contribution in [3.05, 3.63) is 58.4 Å². The van der Waals surface area contributed by atoms with E-state index in [0.29, 0.717) is 29.7 Å². The second kappa shape index (κ2) is 11.5. The number of anilines is 1. The molecule has 196 valence electrons. The fraction of sp³-hybridized carbons (Fsp3) is 0.423. The van der Waals surface area contributed by atoms with Crippen LogP contribution in [0.5, 0.6) is 11.5 Å². The zero-order chi connectivity index (χ0) is 26.6. The summed E-state index contributed by atoms with van der Waals surface area (Å²) in [5, 5.41) is 19.1. The quantitative estimate of drug-likeness (QED) is 0.365. The van der Waals surface area contributed by atoms with Crippen molar-refractivity contribution in [1.29, 1.82) is 5.26 Å². The first kappa shape index (κ1) is 26.9. The van der Waals surface area contributed by atoms with E-state index in [-0.39, 0.29) is 40.9 Å². The highest BCUT2D eigenvalue weighted by Crippen LogP contribution is 2.38. The molecule has 9 nitrogen and oxygen atoms in total. The van der Waals surface area contributed by atoms with Gasteiger partial charge in [-0.2, -0.15) is 5.26 Å². The highest BCUT2D eigenvalue weighted by atomic mass is 32.2. The molecule has 0 amide bonds. The van der Waals surface area contributed by atoms with E-state index < -0.39 is 5.82 Å². The Hall–Kier alpha value is -3.17. The van der Waals surface area contributed by atoms with Crippen LogP contribution < -0.4 is 15.0 Å². The predicted molar refractivity (Wildman–Crippen MR) is 141 cm³/mol. The molecule has 0 aliphatic carbocycles. The fourth-order valence-corrected chi connectivity index (χ4v) is 5.06. The van der Waals surface area contributed by atoms with Crippen LogP contribution in [0.15, 0.2) is 41.5 Å². The average molecular weight is 528 g/mol. The first-order chi connectivity index (χ1) is 17.8. The molecule has 37 heavy (non-hydrogen) atoms. The molecule has 1 fully saturated rings. The van der Waals surface area contributed by atoms with Gasteiger partial charge in [0.2, 0.25) is 0 Å². The van der Waals surface area contributed by atoms with E-state index in [1.54, 1.807) is 34.4 Å². The molecule has 1 atom stereocenters. The molecule has 1 saturated heterocycles. The average Bonchev–Trinajstić information content (AvgIpc) is 3.34. The number of aliphatic hydroxyl groups excluding tert-OH is 1.